The van der Waals surface area contributed by atoms with Crippen LogP contribution in [0, 0.1) is 29.0 Å². The Morgan fingerprint density at radius 1 is 1.00 bits per heavy atom. The number of hydrogen-bond donors (Lipinski definition) is 0. The average Bonchev–Trinajstić information content (AvgIpc) is 2.61. The summed E-state index contributed by atoms with van der Waals surface area (Å²) in [4.78, 5) is 0. The summed E-state index contributed by atoms with van der Waals surface area (Å²) in [6, 6.07) is 6.88. The first-order valence-corrected chi connectivity index (χ1v) is 9.91. The van der Waals surface area contributed by atoms with E-state index < -0.39 is 0 Å². The maximum Gasteiger partial charge on any atom is 0.127 e. The molecule has 1 aromatic carbocycles. The summed E-state index contributed by atoms with van der Waals surface area (Å²) in [6.07, 6.45) is 15.6. The molecule has 132 valence electrons. The van der Waals surface area contributed by atoms with Crippen LogP contribution in [0.25, 0.3) is 0 Å². The summed E-state index contributed by atoms with van der Waals surface area (Å²) in [7, 11) is 0. The highest BCUT2D eigenvalue weighted by atomic mass is 19.1. The highest BCUT2D eigenvalue weighted by molar-refractivity contribution is 5.32. The number of nitriles is 1. The molecule has 0 radical (unpaired) electrons. The molecule has 0 unspecified atom stereocenters. The van der Waals surface area contributed by atoms with Gasteiger partial charge >= 0.3 is 0 Å². The van der Waals surface area contributed by atoms with Gasteiger partial charge in [0.15, 0.2) is 0 Å². The van der Waals surface area contributed by atoms with Crippen LogP contribution < -0.4 is 0 Å². The molecule has 24 heavy (non-hydrogen) atoms. The number of nitrogens with zero attached hydrogens (tertiary/aromatic N) is 1. The number of halogens is 1. The molecule has 1 saturated carbocycles. The molecule has 1 nitrogen and oxygen atoms in total. The predicted molar refractivity (Wildman–Crippen MR) is 98.3 cm³/mol. The van der Waals surface area contributed by atoms with Gasteiger partial charge in [-0.1, -0.05) is 77.2 Å². The van der Waals surface area contributed by atoms with Crippen LogP contribution in [0.5, 0.6) is 0 Å². The van der Waals surface area contributed by atoms with Gasteiger partial charge in [0.25, 0.3) is 0 Å². The maximum absolute atomic E-state index is 13.9. The van der Waals surface area contributed by atoms with Crippen LogP contribution in [0.2, 0.25) is 0 Å². The zero-order valence-corrected chi connectivity index (χ0v) is 15.2. The highest BCUT2D eigenvalue weighted by Gasteiger charge is 2.21. The number of benzene rings is 1. The Hall–Kier alpha value is -1.36. The summed E-state index contributed by atoms with van der Waals surface area (Å²) in [5, 5.41) is 8.80. The number of hydrogen-bond acceptors (Lipinski definition) is 1. The number of unbranched alkanes of at least 4 members (excludes halogenated alkanes) is 4. The molecule has 0 aromatic heterocycles. The van der Waals surface area contributed by atoms with Gasteiger partial charge in [0.05, 0.1) is 11.6 Å². The molecule has 0 amide bonds. The molecular formula is C22H32FN. The maximum atomic E-state index is 13.9. The third-order valence-corrected chi connectivity index (χ3v) is 5.69. The molecule has 1 fully saturated rings. The minimum atomic E-state index is -0.213. The molecule has 0 atom stereocenters. The predicted octanol–water partition coefficient (Wildman–Crippen LogP) is 6.80. The monoisotopic (exact) mass is 329 g/mol. The van der Waals surface area contributed by atoms with Crippen molar-refractivity contribution in [1.29, 1.82) is 5.26 Å². The van der Waals surface area contributed by atoms with Crippen molar-refractivity contribution in [3.05, 3.63) is 35.1 Å². The first-order valence-electron chi connectivity index (χ1n) is 9.91. The van der Waals surface area contributed by atoms with Gasteiger partial charge in [-0.2, -0.15) is 5.26 Å². The second-order valence-electron chi connectivity index (χ2n) is 7.55. The van der Waals surface area contributed by atoms with Crippen molar-refractivity contribution in [3.63, 3.8) is 0 Å². The van der Waals surface area contributed by atoms with Crippen molar-refractivity contribution in [3.8, 4) is 6.07 Å². The van der Waals surface area contributed by atoms with Crippen LogP contribution in [0.15, 0.2) is 18.2 Å². The van der Waals surface area contributed by atoms with E-state index in [1.807, 2.05) is 6.07 Å². The molecule has 0 aliphatic heterocycles. The first-order chi connectivity index (χ1) is 11.7. The molecule has 0 heterocycles. The third kappa shape index (κ3) is 6.27. The molecule has 0 saturated heterocycles. The van der Waals surface area contributed by atoms with E-state index in [4.69, 9.17) is 5.26 Å². The quantitative estimate of drug-likeness (QED) is 0.457. The van der Waals surface area contributed by atoms with Crippen molar-refractivity contribution in [2.75, 3.05) is 0 Å². The van der Waals surface area contributed by atoms with Gasteiger partial charge in [0, 0.05) is 0 Å². The van der Waals surface area contributed by atoms with Gasteiger partial charge in [0.1, 0.15) is 5.82 Å². The van der Waals surface area contributed by atoms with Gasteiger partial charge in [-0.3, -0.25) is 0 Å². The van der Waals surface area contributed by atoms with Crippen LogP contribution in [0.3, 0.4) is 0 Å². The largest absolute Gasteiger partial charge is 0.207 e. The molecule has 1 aliphatic rings. The molecule has 0 spiro atoms. The lowest BCUT2D eigenvalue weighted by Crippen LogP contribution is -2.15. The van der Waals surface area contributed by atoms with Crippen LogP contribution in [0.1, 0.15) is 88.7 Å². The number of aryl methyl sites for hydroxylation is 1. The normalized spacial score (nSPS) is 20.7. The molecule has 2 heteroatoms. The Labute approximate surface area is 147 Å². The lowest BCUT2D eigenvalue weighted by Gasteiger charge is -2.28. The highest BCUT2D eigenvalue weighted by Crippen LogP contribution is 2.34. The van der Waals surface area contributed by atoms with Crippen molar-refractivity contribution in [1.82, 2.24) is 0 Å². The average molecular weight is 330 g/mol. The fourth-order valence-corrected chi connectivity index (χ4v) is 4.02. The fraction of sp³-hybridized carbons (Fsp3) is 0.682. The Morgan fingerprint density at radius 2 is 1.67 bits per heavy atom. The van der Waals surface area contributed by atoms with Crippen molar-refractivity contribution in [2.24, 2.45) is 11.8 Å². The Morgan fingerprint density at radius 3 is 2.29 bits per heavy atom. The lowest BCUT2D eigenvalue weighted by atomic mass is 9.77. The van der Waals surface area contributed by atoms with E-state index in [0.29, 0.717) is 5.56 Å². The van der Waals surface area contributed by atoms with Crippen LogP contribution in [0.4, 0.5) is 4.39 Å². The summed E-state index contributed by atoms with van der Waals surface area (Å²) in [5.74, 6) is 1.49. The van der Waals surface area contributed by atoms with Gasteiger partial charge < -0.3 is 0 Å². The summed E-state index contributed by atoms with van der Waals surface area (Å²) in [5.41, 5.74) is 1.18. The van der Waals surface area contributed by atoms with Gasteiger partial charge in [-0.05, 0) is 42.4 Å². The van der Waals surface area contributed by atoms with Crippen molar-refractivity contribution in [2.45, 2.75) is 84.0 Å². The van der Waals surface area contributed by atoms with E-state index in [-0.39, 0.29) is 5.82 Å². The molecule has 0 N–H and O–H groups in total. The zero-order chi connectivity index (χ0) is 17.2. The third-order valence-electron chi connectivity index (χ3n) is 5.69. The van der Waals surface area contributed by atoms with E-state index in [1.165, 1.54) is 70.3 Å². The zero-order valence-electron chi connectivity index (χ0n) is 15.2. The molecule has 2 rings (SSSR count). The van der Waals surface area contributed by atoms with Crippen LogP contribution >= 0.6 is 0 Å². The minimum absolute atomic E-state index is 0.213. The van der Waals surface area contributed by atoms with Crippen LogP contribution in [-0.4, -0.2) is 0 Å². The lowest BCUT2D eigenvalue weighted by molar-refractivity contribution is 0.248. The molecule has 1 aromatic rings. The molecule has 1 aliphatic carbocycles. The Bertz CT molecular complexity index is 523. The van der Waals surface area contributed by atoms with E-state index in [9.17, 15) is 4.39 Å². The second kappa shape index (κ2) is 10.5. The summed E-state index contributed by atoms with van der Waals surface area (Å²) < 4.78 is 13.9. The molecular weight excluding hydrogens is 297 g/mol. The van der Waals surface area contributed by atoms with E-state index >= 15 is 0 Å². The fourth-order valence-electron chi connectivity index (χ4n) is 4.02. The van der Waals surface area contributed by atoms with Crippen molar-refractivity contribution < 1.29 is 4.39 Å². The van der Waals surface area contributed by atoms with E-state index in [2.05, 4.69) is 6.92 Å². The second-order valence-corrected chi connectivity index (χ2v) is 7.55. The van der Waals surface area contributed by atoms with Gasteiger partial charge in [-0.25, -0.2) is 4.39 Å². The van der Waals surface area contributed by atoms with Crippen molar-refractivity contribution >= 4 is 0 Å². The number of rotatable bonds is 9. The van der Waals surface area contributed by atoms with E-state index in [1.54, 1.807) is 12.1 Å². The minimum Gasteiger partial charge on any atom is -0.207 e. The van der Waals surface area contributed by atoms with E-state index in [0.717, 1.165) is 30.2 Å². The summed E-state index contributed by atoms with van der Waals surface area (Å²) in [6.45, 7) is 2.27. The first kappa shape index (κ1) is 19.0. The summed E-state index contributed by atoms with van der Waals surface area (Å²) >= 11 is 0. The molecule has 0 bridgehead atoms. The Kier molecular flexibility index (Phi) is 8.29. The van der Waals surface area contributed by atoms with Gasteiger partial charge in [-0.15, -0.1) is 0 Å². The Balaban J connectivity index is 1.64. The SMILES string of the molecule is CCCCCCCC1CCC(CCc2ccc(C#N)cc2F)CC1. The van der Waals surface area contributed by atoms with Gasteiger partial charge in [0.2, 0.25) is 0 Å². The topological polar surface area (TPSA) is 23.8 Å². The van der Waals surface area contributed by atoms with Crippen LogP contribution in [-0.2, 0) is 6.42 Å². The standard InChI is InChI=1S/C22H32FN/c1-2-3-4-5-6-7-18-8-10-19(11-9-18)12-14-21-15-13-20(17-24)16-22(21)23/h13,15-16,18-19H,2-12,14H2,1H3. The smallest absolute Gasteiger partial charge is 0.127 e.